The highest BCUT2D eigenvalue weighted by Crippen LogP contribution is 2.27. The molecular weight excluding hydrogens is 220 g/mol. The second kappa shape index (κ2) is 4.86. The minimum Gasteiger partial charge on any atom is -0.495 e. The molecule has 1 atom stereocenters. The number of rotatable bonds is 4. The van der Waals surface area contributed by atoms with Gasteiger partial charge in [0.25, 0.3) is 0 Å². The molecule has 0 radical (unpaired) electrons. The van der Waals surface area contributed by atoms with E-state index in [1.165, 1.54) is 7.11 Å². The number of nitrogens with zero attached hydrogens (tertiary/aromatic N) is 1. The molecule has 1 aromatic carbocycles. The maximum atomic E-state index is 10.6. The molecule has 0 aliphatic rings. The van der Waals surface area contributed by atoms with Gasteiger partial charge in [-0.05, 0) is 12.1 Å². The number of hydrogen-bond acceptors (Lipinski definition) is 4. The lowest BCUT2D eigenvalue weighted by molar-refractivity contribution is -0.136. The van der Waals surface area contributed by atoms with E-state index in [9.17, 15) is 4.79 Å². The molecule has 1 rings (SSSR count). The third-order valence-corrected chi connectivity index (χ3v) is 2.21. The van der Waals surface area contributed by atoms with Gasteiger partial charge in [-0.2, -0.15) is 0 Å². The number of carboxylic acids is 1. The van der Waals surface area contributed by atoms with E-state index < -0.39 is 11.5 Å². The number of ether oxygens (including phenoxy) is 1. The number of carboxylic acid groups (broad SMARTS) is 1. The van der Waals surface area contributed by atoms with Gasteiger partial charge >= 0.3 is 5.97 Å². The van der Waals surface area contributed by atoms with Gasteiger partial charge in [-0.15, -0.1) is 0 Å². The number of anilines is 1. The number of hydrazine groups is 1. The first kappa shape index (κ1) is 11.6. The number of benzene rings is 1. The van der Waals surface area contributed by atoms with Crippen molar-refractivity contribution in [3.05, 3.63) is 24.3 Å². The number of halogens is 1. The fourth-order valence-corrected chi connectivity index (χ4v) is 1.19. The van der Waals surface area contributed by atoms with E-state index in [1.54, 1.807) is 24.3 Å². The van der Waals surface area contributed by atoms with Crippen molar-refractivity contribution in [1.29, 1.82) is 0 Å². The zero-order valence-corrected chi connectivity index (χ0v) is 8.81. The van der Waals surface area contributed by atoms with Crippen LogP contribution in [-0.4, -0.2) is 23.7 Å². The van der Waals surface area contributed by atoms with Gasteiger partial charge in [-0.1, -0.05) is 23.7 Å². The van der Waals surface area contributed by atoms with Crippen molar-refractivity contribution in [2.75, 3.05) is 12.1 Å². The van der Waals surface area contributed by atoms with Crippen molar-refractivity contribution < 1.29 is 14.6 Å². The van der Waals surface area contributed by atoms with Crippen LogP contribution in [-0.2, 0) is 4.79 Å². The normalized spacial score (nSPS) is 11.9. The van der Waals surface area contributed by atoms with Crippen LogP contribution < -0.4 is 15.6 Å². The average molecular weight is 231 g/mol. The highest BCUT2D eigenvalue weighted by atomic mass is 35.5. The topological polar surface area (TPSA) is 75.8 Å². The van der Waals surface area contributed by atoms with Crippen molar-refractivity contribution in [3.63, 3.8) is 0 Å². The Kier molecular flexibility index (Phi) is 3.76. The Morgan fingerprint density at radius 2 is 2.20 bits per heavy atom. The summed E-state index contributed by atoms with van der Waals surface area (Å²) in [6, 6.07) is 6.75. The molecule has 82 valence electrons. The summed E-state index contributed by atoms with van der Waals surface area (Å²) in [4.78, 5) is 10.6. The number of nitrogens with two attached hydrogens (primary N) is 1. The van der Waals surface area contributed by atoms with Gasteiger partial charge in [0.15, 0.2) is 0 Å². The van der Waals surface area contributed by atoms with Crippen LogP contribution in [0.25, 0.3) is 0 Å². The van der Waals surface area contributed by atoms with E-state index in [0.29, 0.717) is 11.4 Å². The van der Waals surface area contributed by atoms with Crippen LogP contribution in [0.1, 0.15) is 0 Å². The quantitative estimate of drug-likeness (QED) is 0.350. The third kappa shape index (κ3) is 2.51. The molecule has 0 aliphatic heterocycles. The van der Waals surface area contributed by atoms with Crippen molar-refractivity contribution in [2.45, 2.75) is 5.50 Å². The lowest BCUT2D eigenvalue weighted by Gasteiger charge is -2.22. The van der Waals surface area contributed by atoms with E-state index in [4.69, 9.17) is 27.3 Å². The van der Waals surface area contributed by atoms with E-state index in [2.05, 4.69) is 0 Å². The maximum Gasteiger partial charge on any atom is 0.343 e. The molecule has 0 spiro atoms. The molecule has 3 N–H and O–H groups in total. The fraction of sp³-hybridized carbons (Fsp3) is 0.222. The number of para-hydroxylation sites is 2. The number of methoxy groups -OCH3 is 1. The monoisotopic (exact) mass is 230 g/mol. The Hall–Kier alpha value is -1.46. The lowest BCUT2D eigenvalue weighted by atomic mass is 10.3. The van der Waals surface area contributed by atoms with Crippen LogP contribution in [0.2, 0.25) is 0 Å². The molecule has 6 heteroatoms. The van der Waals surface area contributed by atoms with E-state index in [1.807, 2.05) is 0 Å². The zero-order valence-electron chi connectivity index (χ0n) is 8.05. The Morgan fingerprint density at radius 3 is 2.73 bits per heavy atom. The second-order valence-electron chi connectivity index (χ2n) is 2.75. The van der Waals surface area contributed by atoms with E-state index >= 15 is 0 Å². The van der Waals surface area contributed by atoms with Gasteiger partial charge in [0.05, 0.1) is 12.8 Å². The second-order valence-corrected chi connectivity index (χ2v) is 3.17. The van der Waals surface area contributed by atoms with Crippen molar-refractivity contribution in [3.8, 4) is 5.75 Å². The van der Waals surface area contributed by atoms with Gasteiger partial charge < -0.3 is 9.84 Å². The standard InChI is InChI=1S/C9H11ClN2O3/c1-15-7-5-3-2-4-6(7)12(11)8(10)9(13)14/h2-5,8H,11H2,1H3,(H,13,14). The van der Waals surface area contributed by atoms with Gasteiger partial charge in [-0.25, -0.2) is 10.6 Å². The highest BCUT2D eigenvalue weighted by molar-refractivity contribution is 6.30. The lowest BCUT2D eigenvalue weighted by Crippen LogP contribution is -2.42. The molecule has 0 aromatic heterocycles. The first-order chi connectivity index (χ1) is 7.07. The maximum absolute atomic E-state index is 10.6. The Labute approximate surface area is 92.0 Å². The van der Waals surface area contributed by atoms with Crippen molar-refractivity contribution in [2.24, 2.45) is 5.84 Å². The summed E-state index contributed by atoms with van der Waals surface area (Å²) in [7, 11) is 1.47. The summed E-state index contributed by atoms with van der Waals surface area (Å²) in [5, 5.41) is 9.62. The Balaban J connectivity index is 2.99. The molecule has 0 fully saturated rings. The van der Waals surface area contributed by atoms with E-state index in [-0.39, 0.29) is 0 Å². The predicted octanol–water partition coefficient (Wildman–Crippen LogP) is 1.02. The van der Waals surface area contributed by atoms with Crippen LogP contribution in [0, 0.1) is 0 Å². The summed E-state index contributed by atoms with van der Waals surface area (Å²) in [6.45, 7) is 0. The van der Waals surface area contributed by atoms with Crippen molar-refractivity contribution in [1.82, 2.24) is 0 Å². The van der Waals surface area contributed by atoms with Gasteiger partial charge in [0.1, 0.15) is 5.75 Å². The number of aliphatic carboxylic acids is 1. The summed E-state index contributed by atoms with van der Waals surface area (Å²) in [6.07, 6.45) is 0. The first-order valence-corrected chi connectivity index (χ1v) is 4.55. The number of hydrogen-bond donors (Lipinski definition) is 2. The molecule has 0 saturated heterocycles. The molecule has 0 bridgehead atoms. The van der Waals surface area contributed by atoms with Crippen LogP contribution in [0.4, 0.5) is 5.69 Å². The summed E-state index contributed by atoms with van der Waals surface area (Å²) >= 11 is 5.58. The first-order valence-electron chi connectivity index (χ1n) is 4.11. The van der Waals surface area contributed by atoms with Gasteiger partial charge in [0.2, 0.25) is 5.50 Å². The summed E-state index contributed by atoms with van der Waals surface area (Å²) in [5.74, 6) is 4.80. The summed E-state index contributed by atoms with van der Waals surface area (Å²) < 4.78 is 5.02. The number of carbonyl (C=O) groups is 1. The van der Waals surface area contributed by atoms with E-state index in [0.717, 1.165) is 5.01 Å². The molecule has 0 saturated carbocycles. The predicted molar refractivity (Wildman–Crippen MR) is 56.9 cm³/mol. The fourth-order valence-electron chi connectivity index (χ4n) is 1.08. The minimum absolute atomic E-state index is 0.419. The molecule has 1 aromatic rings. The molecule has 0 aliphatic carbocycles. The van der Waals surface area contributed by atoms with Gasteiger partial charge in [0, 0.05) is 0 Å². The summed E-state index contributed by atoms with van der Waals surface area (Å²) in [5.41, 5.74) is -0.913. The van der Waals surface area contributed by atoms with Crippen LogP contribution in [0.3, 0.4) is 0 Å². The largest absolute Gasteiger partial charge is 0.495 e. The third-order valence-electron chi connectivity index (χ3n) is 1.81. The van der Waals surface area contributed by atoms with Crippen LogP contribution in [0.15, 0.2) is 24.3 Å². The molecule has 5 nitrogen and oxygen atoms in total. The van der Waals surface area contributed by atoms with Crippen LogP contribution >= 0.6 is 11.6 Å². The Morgan fingerprint density at radius 1 is 1.60 bits per heavy atom. The van der Waals surface area contributed by atoms with Gasteiger partial charge in [-0.3, -0.25) is 5.01 Å². The average Bonchev–Trinajstić information content (AvgIpc) is 2.26. The highest BCUT2D eigenvalue weighted by Gasteiger charge is 2.22. The molecule has 1 unspecified atom stereocenters. The minimum atomic E-state index is -1.33. The molecule has 0 heterocycles. The molecular formula is C9H11ClN2O3. The number of alkyl halides is 1. The molecule has 15 heavy (non-hydrogen) atoms. The smallest absolute Gasteiger partial charge is 0.343 e. The Bertz CT molecular complexity index is 359. The van der Waals surface area contributed by atoms with Crippen LogP contribution in [0.5, 0.6) is 5.75 Å². The zero-order chi connectivity index (χ0) is 11.4. The van der Waals surface area contributed by atoms with Crippen molar-refractivity contribution >= 4 is 23.3 Å². The SMILES string of the molecule is COc1ccccc1N(N)C(Cl)C(=O)O. The molecule has 0 amide bonds.